The zero-order valence-corrected chi connectivity index (χ0v) is 12.0. The molecule has 1 amide bonds. The van der Waals surface area contributed by atoms with Crippen molar-refractivity contribution < 1.29 is 14.4 Å². The van der Waals surface area contributed by atoms with E-state index in [1.165, 1.54) is 18.2 Å². The molecule has 0 bridgehead atoms. The highest BCUT2D eigenvalue weighted by Gasteiger charge is 2.30. The number of fused-ring (bicyclic) bond motifs is 3. The third-order valence-corrected chi connectivity index (χ3v) is 4.17. The van der Waals surface area contributed by atoms with Gasteiger partial charge in [-0.1, -0.05) is 24.3 Å². The molecular formula is C19H11NO3. The number of carbonyl (C=O) groups is 3. The van der Waals surface area contributed by atoms with Crippen LogP contribution < -0.4 is 5.73 Å². The van der Waals surface area contributed by atoms with Crippen molar-refractivity contribution in [1.29, 1.82) is 0 Å². The Hall–Kier alpha value is -3.27. The minimum atomic E-state index is -0.627. The zero-order valence-electron chi connectivity index (χ0n) is 12.0. The van der Waals surface area contributed by atoms with Crippen LogP contribution in [0.1, 0.15) is 42.2 Å². The van der Waals surface area contributed by atoms with Crippen molar-refractivity contribution in [1.82, 2.24) is 0 Å². The van der Waals surface area contributed by atoms with Gasteiger partial charge in [-0.05, 0) is 41.1 Å². The molecule has 0 aromatic heterocycles. The summed E-state index contributed by atoms with van der Waals surface area (Å²) >= 11 is 0. The van der Waals surface area contributed by atoms with Crippen LogP contribution in [0.15, 0.2) is 54.6 Å². The van der Waals surface area contributed by atoms with Crippen LogP contribution in [0.2, 0.25) is 0 Å². The second-order valence-electron chi connectivity index (χ2n) is 5.53. The van der Waals surface area contributed by atoms with Crippen molar-refractivity contribution in [3.63, 3.8) is 0 Å². The van der Waals surface area contributed by atoms with Crippen LogP contribution >= 0.6 is 0 Å². The maximum absolute atomic E-state index is 12.8. The Balaban J connectivity index is 2.00. The maximum atomic E-state index is 12.8. The molecule has 0 saturated heterocycles. The maximum Gasteiger partial charge on any atom is 0.248 e. The van der Waals surface area contributed by atoms with E-state index < -0.39 is 5.91 Å². The standard InChI is InChI=1S/C19H11NO3/c20-19(23)12-5-6-13-14(9-12)18(22)16-8-11-4-2-1-3-10(11)7-15(16)17(13)21/h1-9H,(H2,20,23). The molecule has 110 valence electrons. The smallest absolute Gasteiger partial charge is 0.248 e. The molecular weight excluding hydrogens is 290 g/mol. The zero-order chi connectivity index (χ0) is 16.1. The van der Waals surface area contributed by atoms with Gasteiger partial charge in [0, 0.05) is 27.8 Å². The first-order valence-electron chi connectivity index (χ1n) is 7.12. The number of carbonyl (C=O) groups excluding carboxylic acids is 3. The van der Waals surface area contributed by atoms with Gasteiger partial charge in [0.15, 0.2) is 11.6 Å². The van der Waals surface area contributed by atoms with Gasteiger partial charge in [0.05, 0.1) is 0 Å². The minimum absolute atomic E-state index is 0.212. The lowest BCUT2D eigenvalue weighted by Crippen LogP contribution is -2.22. The van der Waals surface area contributed by atoms with Crippen LogP contribution in [0.3, 0.4) is 0 Å². The van der Waals surface area contributed by atoms with Gasteiger partial charge in [-0.3, -0.25) is 14.4 Å². The molecule has 1 aliphatic carbocycles. The van der Waals surface area contributed by atoms with Crippen LogP contribution in [0.4, 0.5) is 0 Å². The fourth-order valence-electron chi connectivity index (χ4n) is 2.99. The third-order valence-electron chi connectivity index (χ3n) is 4.17. The van der Waals surface area contributed by atoms with E-state index in [-0.39, 0.29) is 22.7 Å². The molecule has 4 nitrogen and oxygen atoms in total. The monoisotopic (exact) mass is 301 g/mol. The molecule has 3 aromatic rings. The van der Waals surface area contributed by atoms with E-state index in [0.29, 0.717) is 16.7 Å². The molecule has 0 fully saturated rings. The Bertz CT molecular complexity index is 1030. The molecule has 0 spiro atoms. The van der Waals surface area contributed by atoms with Crippen LogP contribution in [0.25, 0.3) is 10.8 Å². The number of hydrogen-bond acceptors (Lipinski definition) is 3. The first-order chi connectivity index (χ1) is 11.1. The van der Waals surface area contributed by atoms with Crippen molar-refractivity contribution in [2.24, 2.45) is 5.73 Å². The highest BCUT2D eigenvalue weighted by atomic mass is 16.1. The number of benzene rings is 3. The fourth-order valence-corrected chi connectivity index (χ4v) is 2.99. The summed E-state index contributed by atoms with van der Waals surface area (Å²) in [6, 6.07) is 15.4. The van der Waals surface area contributed by atoms with Gasteiger partial charge in [0.25, 0.3) is 0 Å². The lowest BCUT2D eigenvalue weighted by molar-refractivity contribution is 0.0977. The van der Waals surface area contributed by atoms with Gasteiger partial charge >= 0.3 is 0 Å². The lowest BCUT2D eigenvalue weighted by atomic mass is 9.82. The van der Waals surface area contributed by atoms with Gasteiger partial charge in [-0.15, -0.1) is 0 Å². The van der Waals surface area contributed by atoms with Crippen molar-refractivity contribution >= 4 is 28.2 Å². The van der Waals surface area contributed by atoms with Crippen molar-refractivity contribution in [3.05, 3.63) is 82.4 Å². The second kappa shape index (κ2) is 4.61. The van der Waals surface area contributed by atoms with Crippen LogP contribution in [-0.4, -0.2) is 17.5 Å². The van der Waals surface area contributed by atoms with E-state index in [2.05, 4.69) is 0 Å². The summed E-state index contributed by atoms with van der Waals surface area (Å²) < 4.78 is 0. The molecule has 0 aliphatic heterocycles. The number of ketones is 2. The molecule has 0 heterocycles. The van der Waals surface area contributed by atoms with E-state index in [1.807, 2.05) is 24.3 Å². The topological polar surface area (TPSA) is 77.2 Å². The predicted molar refractivity (Wildman–Crippen MR) is 85.8 cm³/mol. The first kappa shape index (κ1) is 13.4. The molecule has 0 radical (unpaired) electrons. The fraction of sp³-hybridized carbons (Fsp3) is 0. The Labute approximate surface area is 131 Å². The van der Waals surface area contributed by atoms with Gasteiger partial charge < -0.3 is 5.73 Å². The van der Waals surface area contributed by atoms with E-state index in [0.717, 1.165) is 10.8 Å². The molecule has 4 rings (SSSR count). The number of primary amides is 1. The Kier molecular flexibility index (Phi) is 2.69. The molecule has 4 heteroatoms. The second-order valence-corrected chi connectivity index (χ2v) is 5.53. The van der Waals surface area contributed by atoms with Crippen LogP contribution in [-0.2, 0) is 0 Å². The summed E-state index contributed by atoms with van der Waals surface area (Å²) in [4.78, 5) is 36.8. The van der Waals surface area contributed by atoms with E-state index >= 15 is 0 Å². The lowest BCUT2D eigenvalue weighted by Gasteiger charge is -2.18. The van der Waals surface area contributed by atoms with Gasteiger partial charge in [0.1, 0.15) is 0 Å². The summed E-state index contributed by atoms with van der Waals surface area (Å²) in [6.45, 7) is 0. The van der Waals surface area contributed by atoms with E-state index in [9.17, 15) is 14.4 Å². The van der Waals surface area contributed by atoms with Gasteiger partial charge in [-0.25, -0.2) is 0 Å². The average molecular weight is 301 g/mol. The van der Waals surface area contributed by atoms with Crippen LogP contribution in [0, 0.1) is 0 Å². The third kappa shape index (κ3) is 1.89. The van der Waals surface area contributed by atoms with Crippen molar-refractivity contribution in [3.8, 4) is 0 Å². The summed E-state index contributed by atoms with van der Waals surface area (Å²) in [5.41, 5.74) is 6.78. The van der Waals surface area contributed by atoms with E-state index in [1.54, 1.807) is 12.1 Å². The normalized spacial score (nSPS) is 12.9. The Morgan fingerprint density at radius 2 is 1.22 bits per heavy atom. The summed E-state index contributed by atoms with van der Waals surface area (Å²) in [5, 5.41) is 1.80. The highest BCUT2D eigenvalue weighted by Crippen LogP contribution is 2.31. The summed E-state index contributed by atoms with van der Waals surface area (Å²) in [7, 11) is 0. The predicted octanol–water partition coefficient (Wildman–Crippen LogP) is 2.71. The minimum Gasteiger partial charge on any atom is -0.366 e. The molecule has 0 atom stereocenters. The summed E-state index contributed by atoms with van der Waals surface area (Å²) in [5.74, 6) is -1.10. The summed E-state index contributed by atoms with van der Waals surface area (Å²) in [6.07, 6.45) is 0. The van der Waals surface area contributed by atoms with E-state index in [4.69, 9.17) is 5.73 Å². The molecule has 1 aliphatic rings. The molecule has 2 N–H and O–H groups in total. The highest BCUT2D eigenvalue weighted by molar-refractivity contribution is 6.29. The van der Waals surface area contributed by atoms with Gasteiger partial charge in [-0.2, -0.15) is 0 Å². The molecule has 0 unspecified atom stereocenters. The van der Waals surface area contributed by atoms with Crippen molar-refractivity contribution in [2.45, 2.75) is 0 Å². The molecule has 3 aromatic carbocycles. The molecule has 23 heavy (non-hydrogen) atoms. The number of rotatable bonds is 1. The van der Waals surface area contributed by atoms with Gasteiger partial charge in [0.2, 0.25) is 5.91 Å². The largest absolute Gasteiger partial charge is 0.366 e. The Morgan fingerprint density at radius 1 is 0.696 bits per heavy atom. The number of nitrogens with two attached hydrogens (primary N) is 1. The number of amides is 1. The van der Waals surface area contributed by atoms with Crippen molar-refractivity contribution in [2.75, 3.05) is 0 Å². The Morgan fingerprint density at radius 3 is 1.78 bits per heavy atom. The average Bonchev–Trinajstić information content (AvgIpc) is 2.58. The SMILES string of the molecule is NC(=O)c1ccc2c(c1)C(=O)c1cc3ccccc3cc1C2=O. The first-order valence-corrected chi connectivity index (χ1v) is 7.12. The van der Waals surface area contributed by atoms with Crippen LogP contribution in [0.5, 0.6) is 0 Å². The molecule has 0 saturated carbocycles. The number of hydrogen-bond donors (Lipinski definition) is 1. The quantitative estimate of drug-likeness (QED) is 0.587.